The molecule has 0 aliphatic heterocycles. The maximum absolute atomic E-state index is 4.44. The van der Waals surface area contributed by atoms with E-state index in [0.717, 1.165) is 55.1 Å². The quantitative estimate of drug-likeness (QED) is 0.527. The van der Waals surface area contributed by atoms with E-state index in [9.17, 15) is 0 Å². The second-order valence-electron chi connectivity index (χ2n) is 3.96. The highest BCUT2D eigenvalue weighted by Gasteiger charge is 2.02. The van der Waals surface area contributed by atoms with Gasteiger partial charge in [0, 0.05) is 31.8 Å². The Morgan fingerprint density at radius 1 is 1.22 bits per heavy atom. The van der Waals surface area contributed by atoms with Crippen LogP contribution in [-0.2, 0) is 6.42 Å². The molecule has 0 atom stereocenters. The van der Waals surface area contributed by atoms with Gasteiger partial charge < -0.3 is 10.2 Å². The molecule has 4 nitrogen and oxygen atoms in total. The minimum Gasteiger partial charge on any atom is -0.315 e. The molecule has 6 heteroatoms. The van der Waals surface area contributed by atoms with E-state index in [-0.39, 0.29) is 0 Å². The number of nitrogens with zero attached hydrogens (tertiary/aromatic N) is 3. The van der Waals surface area contributed by atoms with Crippen LogP contribution in [0.2, 0.25) is 0 Å². The molecule has 1 aromatic heterocycles. The molecular weight excluding hydrogens is 264 g/mol. The fraction of sp³-hybridized carbons (Fsp3) is 0.833. The molecule has 1 aromatic rings. The van der Waals surface area contributed by atoms with E-state index in [4.69, 9.17) is 0 Å². The molecule has 0 fully saturated rings. The summed E-state index contributed by atoms with van der Waals surface area (Å²) < 4.78 is 5.37. The molecule has 0 saturated carbocycles. The van der Waals surface area contributed by atoms with E-state index in [2.05, 4.69) is 40.3 Å². The molecule has 0 aromatic carbocycles. The molecule has 1 N–H and O–H groups in total. The van der Waals surface area contributed by atoms with Gasteiger partial charge in [-0.1, -0.05) is 32.5 Å². The van der Waals surface area contributed by atoms with E-state index < -0.39 is 0 Å². The first kappa shape index (κ1) is 15.9. The lowest BCUT2D eigenvalue weighted by atomic mass is 10.4. The average molecular weight is 288 g/mol. The molecule has 18 heavy (non-hydrogen) atoms. The minimum atomic E-state index is 0.930. The first-order valence-corrected chi connectivity index (χ1v) is 8.44. The van der Waals surface area contributed by atoms with E-state index in [1.807, 2.05) is 0 Å². The van der Waals surface area contributed by atoms with Crippen molar-refractivity contribution in [2.75, 3.05) is 38.5 Å². The Morgan fingerprint density at radius 3 is 2.61 bits per heavy atom. The number of aryl methyl sites for hydroxylation is 1. The van der Waals surface area contributed by atoms with Gasteiger partial charge in [0.15, 0.2) is 4.34 Å². The highest BCUT2D eigenvalue weighted by atomic mass is 32.2. The predicted molar refractivity (Wildman–Crippen MR) is 80.7 cm³/mol. The number of rotatable bonds is 10. The van der Waals surface area contributed by atoms with Gasteiger partial charge in [-0.25, -0.2) is 4.98 Å². The van der Waals surface area contributed by atoms with Gasteiger partial charge in [0.05, 0.1) is 0 Å². The first-order chi connectivity index (χ1) is 8.80. The van der Waals surface area contributed by atoms with Gasteiger partial charge in [0.2, 0.25) is 0 Å². The first-order valence-electron chi connectivity index (χ1n) is 6.68. The van der Waals surface area contributed by atoms with Crippen molar-refractivity contribution >= 4 is 23.3 Å². The van der Waals surface area contributed by atoms with Gasteiger partial charge in [-0.15, -0.1) is 0 Å². The molecular formula is C12H24N4S2. The average Bonchev–Trinajstić information content (AvgIpc) is 2.86. The molecule has 1 rings (SSSR count). The molecule has 0 aliphatic carbocycles. The third-order valence-corrected chi connectivity index (χ3v) is 4.64. The molecule has 0 aliphatic rings. The number of hydrogen-bond acceptors (Lipinski definition) is 6. The van der Waals surface area contributed by atoms with Gasteiger partial charge in [-0.2, -0.15) is 4.37 Å². The third kappa shape index (κ3) is 6.13. The van der Waals surface area contributed by atoms with Crippen molar-refractivity contribution in [1.82, 2.24) is 19.6 Å². The van der Waals surface area contributed by atoms with Crippen LogP contribution in [0.4, 0.5) is 0 Å². The largest absolute Gasteiger partial charge is 0.315 e. The summed E-state index contributed by atoms with van der Waals surface area (Å²) in [6.45, 7) is 12.0. The van der Waals surface area contributed by atoms with Crippen LogP contribution in [0.1, 0.15) is 26.6 Å². The van der Waals surface area contributed by atoms with Gasteiger partial charge in [-0.05, 0) is 24.6 Å². The van der Waals surface area contributed by atoms with Crippen molar-refractivity contribution in [2.24, 2.45) is 0 Å². The second kappa shape index (κ2) is 9.72. The monoisotopic (exact) mass is 288 g/mol. The standard InChI is InChI=1S/C12H24N4S2/c1-4-11-14-12(18-15-11)17-10-8-13-7-9-16(5-2)6-3/h13H,4-10H2,1-3H3. The Bertz CT molecular complexity index is 313. The van der Waals surface area contributed by atoms with Crippen LogP contribution in [0.25, 0.3) is 0 Å². The Morgan fingerprint density at radius 2 is 2.00 bits per heavy atom. The summed E-state index contributed by atoms with van der Waals surface area (Å²) in [6.07, 6.45) is 0.930. The molecule has 0 bridgehead atoms. The van der Waals surface area contributed by atoms with Gasteiger partial charge in [-0.3, -0.25) is 0 Å². The van der Waals surface area contributed by atoms with Crippen LogP contribution in [0.5, 0.6) is 0 Å². The molecule has 0 unspecified atom stereocenters. The maximum atomic E-state index is 4.44. The maximum Gasteiger partial charge on any atom is 0.170 e. The van der Waals surface area contributed by atoms with Crippen molar-refractivity contribution < 1.29 is 0 Å². The Labute approximate surface area is 119 Å². The van der Waals surface area contributed by atoms with Gasteiger partial charge in [0.25, 0.3) is 0 Å². The van der Waals surface area contributed by atoms with Crippen LogP contribution in [-0.4, -0.2) is 52.7 Å². The summed E-state index contributed by atoms with van der Waals surface area (Å²) >= 11 is 3.31. The van der Waals surface area contributed by atoms with Gasteiger partial charge >= 0.3 is 0 Å². The Hall–Kier alpha value is -0.170. The van der Waals surface area contributed by atoms with E-state index in [1.54, 1.807) is 11.8 Å². The second-order valence-corrected chi connectivity index (χ2v) is 6.05. The lowest BCUT2D eigenvalue weighted by Gasteiger charge is -2.17. The van der Waals surface area contributed by atoms with Crippen LogP contribution >= 0.6 is 23.3 Å². The lowest BCUT2D eigenvalue weighted by Crippen LogP contribution is -2.32. The third-order valence-electron chi connectivity index (χ3n) is 2.77. The van der Waals surface area contributed by atoms with E-state index in [1.165, 1.54) is 11.5 Å². The zero-order chi connectivity index (χ0) is 13.2. The SMILES string of the molecule is CCc1nsc(SCCNCCN(CC)CC)n1. The number of hydrogen-bond donors (Lipinski definition) is 1. The molecule has 0 amide bonds. The summed E-state index contributed by atoms with van der Waals surface area (Å²) in [6, 6.07) is 0. The number of likely N-dealkylation sites (N-methyl/N-ethyl adjacent to an activating group) is 1. The zero-order valence-corrected chi connectivity index (χ0v) is 13.2. The normalized spacial score (nSPS) is 11.3. The minimum absolute atomic E-state index is 0.930. The summed E-state index contributed by atoms with van der Waals surface area (Å²) in [5.41, 5.74) is 0. The summed E-state index contributed by atoms with van der Waals surface area (Å²) in [5.74, 6) is 2.04. The Balaban J connectivity index is 2.01. The summed E-state index contributed by atoms with van der Waals surface area (Å²) in [7, 11) is 0. The summed E-state index contributed by atoms with van der Waals surface area (Å²) in [4.78, 5) is 6.86. The van der Waals surface area contributed by atoms with Crippen molar-refractivity contribution in [3.63, 3.8) is 0 Å². The van der Waals surface area contributed by atoms with E-state index in [0.29, 0.717) is 0 Å². The number of nitrogens with one attached hydrogen (secondary N) is 1. The van der Waals surface area contributed by atoms with E-state index >= 15 is 0 Å². The van der Waals surface area contributed by atoms with Crippen LogP contribution in [0.15, 0.2) is 4.34 Å². The topological polar surface area (TPSA) is 41.1 Å². The zero-order valence-electron chi connectivity index (χ0n) is 11.6. The molecule has 1 heterocycles. The molecule has 104 valence electrons. The summed E-state index contributed by atoms with van der Waals surface area (Å²) in [5, 5.41) is 3.47. The van der Waals surface area contributed by atoms with Crippen molar-refractivity contribution in [3.05, 3.63) is 5.82 Å². The fourth-order valence-corrected chi connectivity index (χ4v) is 3.22. The van der Waals surface area contributed by atoms with Crippen molar-refractivity contribution in [1.29, 1.82) is 0 Å². The molecule has 0 radical (unpaired) electrons. The highest BCUT2D eigenvalue weighted by molar-refractivity contribution is 8.00. The number of aromatic nitrogens is 2. The van der Waals surface area contributed by atoms with Gasteiger partial charge in [0.1, 0.15) is 5.82 Å². The van der Waals surface area contributed by atoms with Crippen LogP contribution in [0, 0.1) is 0 Å². The highest BCUT2D eigenvalue weighted by Crippen LogP contribution is 2.19. The smallest absolute Gasteiger partial charge is 0.170 e. The lowest BCUT2D eigenvalue weighted by molar-refractivity contribution is 0.303. The predicted octanol–water partition coefficient (Wildman–Crippen LogP) is 2.12. The molecule has 0 saturated heterocycles. The van der Waals surface area contributed by atoms with Crippen LogP contribution < -0.4 is 5.32 Å². The fourth-order valence-electron chi connectivity index (χ4n) is 1.55. The Kier molecular flexibility index (Phi) is 8.58. The number of thioether (sulfide) groups is 1. The van der Waals surface area contributed by atoms with Crippen LogP contribution in [0.3, 0.4) is 0 Å². The van der Waals surface area contributed by atoms with Crippen molar-refractivity contribution in [2.45, 2.75) is 31.5 Å². The van der Waals surface area contributed by atoms with Crippen molar-refractivity contribution in [3.8, 4) is 0 Å². The molecule has 0 spiro atoms.